The molecule has 0 aromatic rings. The molecule has 0 nitrogen and oxygen atoms in total. The van der Waals surface area contributed by atoms with Crippen molar-refractivity contribution in [1.82, 2.24) is 0 Å². The summed E-state index contributed by atoms with van der Waals surface area (Å²) < 4.78 is 0. The van der Waals surface area contributed by atoms with E-state index in [4.69, 9.17) is 0 Å². The molecule has 3 atom stereocenters. The minimum atomic E-state index is 0.851. The van der Waals surface area contributed by atoms with Crippen molar-refractivity contribution in [2.45, 2.75) is 112 Å². The Kier molecular flexibility index (Phi) is 14.6. The van der Waals surface area contributed by atoms with Gasteiger partial charge in [0.25, 0.3) is 0 Å². The van der Waals surface area contributed by atoms with Crippen LogP contribution in [0.3, 0.4) is 0 Å². The quantitative estimate of drug-likeness (QED) is 0.287. The van der Waals surface area contributed by atoms with Gasteiger partial charge in [0.1, 0.15) is 0 Å². The Morgan fingerprint density at radius 3 is 1.95 bits per heavy atom. The van der Waals surface area contributed by atoms with Crippen LogP contribution in [0.4, 0.5) is 0 Å². The maximum absolute atomic E-state index is 2.71. The van der Waals surface area contributed by atoms with E-state index in [0.29, 0.717) is 0 Å². The molecule has 22 heavy (non-hydrogen) atoms. The van der Waals surface area contributed by atoms with Gasteiger partial charge in [0.05, 0.1) is 0 Å². The molecule has 0 aliphatic heterocycles. The van der Waals surface area contributed by atoms with Crippen LogP contribution >= 0.6 is 0 Å². The monoisotopic (exact) mass is 309 g/mol. The number of hydrogen-bond acceptors (Lipinski definition) is 0. The maximum atomic E-state index is 2.71. The third kappa shape index (κ3) is 12.5. The first-order valence-electron chi connectivity index (χ1n) is 10.4. The highest BCUT2D eigenvalue weighted by atomic mass is 14.2. The lowest BCUT2D eigenvalue weighted by Gasteiger charge is -2.24. The molecule has 0 heterocycles. The molecule has 0 aliphatic rings. The van der Waals surface area contributed by atoms with Gasteiger partial charge in [-0.15, -0.1) is 0 Å². The van der Waals surface area contributed by atoms with Crippen LogP contribution in [0.2, 0.25) is 0 Å². The Balaban J connectivity index is 4.27. The van der Waals surface area contributed by atoms with Gasteiger partial charge in [0, 0.05) is 0 Å². The van der Waals surface area contributed by atoms with Crippen molar-refractivity contribution >= 4 is 0 Å². The molecule has 133 valence electrons. The smallest absolute Gasteiger partial charge is 0.0352 e. The van der Waals surface area contributed by atoms with E-state index < -0.39 is 0 Å². The van der Waals surface area contributed by atoms with Gasteiger partial charge in [0.2, 0.25) is 0 Å². The van der Waals surface area contributed by atoms with E-state index in [1.54, 1.807) is 0 Å². The second kappa shape index (κ2) is 14.6. The van der Waals surface area contributed by atoms with E-state index >= 15 is 0 Å². The molecule has 0 amide bonds. The zero-order chi connectivity index (χ0) is 16.8. The summed E-state index contributed by atoms with van der Waals surface area (Å²) in [5.41, 5.74) is 0. The molecule has 0 N–H and O–H groups in total. The molecule has 0 bridgehead atoms. The highest BCUT2D eigenvalue weighted by Gasteiger charge is 2.17. The van der Waals surface area contributed by atoms with Gasteiger partial charge < -0.3 is 0 Å². The van der Waals surface area contributed by atoms with Gasteiger partial charge in [-0.1, -0.05) is 92.9 Å². The summed E-state index contributed by atoms with van der Waals surface area (Å²) >= 11 is 0. The second-order valence-corrected chi connectivity index (χ2v) is 8.10. The van der Waals surface area contributed by atoms with Crippen LogP contribution < -0.4 is 0 Å². The van der Waals surface area contributed by atoms with Gasteiger partial charge in [-0.05, 0) is 49.4 Å². The van der Waals surface area contributed by atoms with Crippen molar-refractivity contribution in [2.75, 3.05) is 0 Å². The molecule has 0 fully saturated rings. The van der Waals surface area contributed by atoms with Gasteiger partial charge in [-0.2, -0.15) is 0 Å². The molecular formula is C22H45. The van der Waals surface area contributed by atoms with Crippen molar-refractivity contribution in [1.29, 1.82) is 0 Å². The van der Waals surface area contributed by atoms with E-state index in [9.17, 15) is 0 Å². The van der Waals surface area contributed by atoms with Crippen molar-refractivity contribution in [2.24, 2.45) is 23.7 Å². The van der Waals surface area contributed by atoms with Crippen LogP contribution in [0.15, 0.2) is 0 Å². The molecule has 0 aromatic heterocycles. The van der Waals surface area contributed by atoms with Gasteiger partial charge in [-0.3, -0.25) is 0 Å². The van der Waals surface area contributed by atoms with Crippen LogP contribution in [0.1, 0.15) is 112 Å². The first-order chi connectivity index (χ1) is 10.5. The number of hydrogen-bond donors (Lipinski definition) is 0. The number of rotatable bonds is 15. The Labute approximate surface area is 142 Å². The largest absolute Gasteiger partial charge is 0.0654 e. The summed E-state index contributed by atoms with van der Waals surface area (Å²) in [6.45, 7) is 14.2. The summed E-state index contributed by atoms with van der Waals surface area (Å²) in [5, 5.41) is 0. The molecule has 0 aliphatic carbocycles. The molecular weight excluding hydrogens is 264 g/mol. The zero-order valence-corrected chi connectivity index (χ0v) is 16.7. The molecule has 0 rings (SSSR count). The summed E-state index contributed by atoms with van der Waals surface area (Å²) in [4.78, 5) is 0. The molecule has 1 radical (unpaired) electrons. The lowest BCUT2D eigenvalue weighted by atomic mass is 9.81. The van der Waals surface area contributed by atoms with Gasteiger partial charge >= 0.3 is 0 Å². The summed E-state index contributed by atoms with van der Waals surface area (Å²) in [6, 6.07) is 0. The normalized spacial score (nSPS) is 16.0. The van der Waals surface area contributed by atoms with Crippen LogP contribution in [0.5, 0.6) is 0 Å². The van der Waals surface area contributed by atoms with Crippen LogP contribution in [0, 0.1) is 30.1 Å². The van der Waals surface area contributed by atoms with E-state index in [2.05, 4.69) is 48.0 Å². The Bertz CT molecular complexity index is 218. The van der Waals surface area contributed by atoms with E-state index in [1.807, 2.05) is 0 Å². The van der Waals surface area contributed by atoms with Gasteiger partial charge in [0.15, 0.2) is 0 Å². The average Bonchev–Trinajstić information content (AvgIpc) is 2.50. The minimum Gasteiger partial charge on any atom is -0.0654 e. The average molecular weight is 310 g/mol. The topological polar surface area (TPSA) is 0 Å². The first-order valence-corrected chi connectivity index (χ1v) is 10.4. The highest BCUT2D eigenvalue weighted by Crippen LogP contribution is 2.30. The molecule has 0 spiro atoms. The third-order valence-corrected chi connectivity index (χ3v) is 5.22. The van der Waals surface area contributed by atoms with Crippen molar-refractivity contribution < 1.29 is 0 Å². The zero-order valence-electron chi connectivity index (χ0n) is 16.7. The van der Waals surface area contributed by atoms with Crippen molar-refractivity contribution in [3.8, 4) is 0 Å². The molecule has 0 aromatic carbocycles. The van der Waals surface area contributed by atoms with Crippen molar-refractivity contribution in [3.63, 3.8) is 0 Å². The Hall–Kier alpha value is 0. The van der Waals surface area contributed by atoms with E-state index in [0.717, 1.165) is 23.7 Å². The van der Waals surface area contributed by atoms with Crippen LogP contribution in [-0.2, 0) is 0 Å². The second-order valence-electron chi connectivity index (χ2n) is 8.10. The summed E-state index contributed by atoms with van der Waals surface area (Å²) in [6.07, 6.45) is 18.1. The lowest BCUT2D eigenvalue weighted by Crippen LogP contribution is -2.12. The molecule has 0 heteroatoms. The van der Waals surface area contributed by atoms with Crippen molar-refractivity contribution in [3.05, 3.63) is 6.42 Å². The predicted molar refractivity (Wildman–Crippen MR) is 103 cm³/mol. The van der Waals surface area contributed by atoms with E-state index in [-0.39, 0.29) is 0 Å². The lowest BCUT2D eigenvalue weighted by molar-refractivity contribution is 0.321. The van der Waals surface area contributed by atoms with Crippen LogP contribution in [-0.4, -0.2) is 0 Å². The Morgan fingerprint density at radius 2 is 1.41 bits per heavy atom. The summed E-state index contributed by atoms with van der Waals surface area (Å²) in [7, 11) is 0. The fraction of sp³-hybridized carbons (Fsp3) is 0.955. The van der Waals surface area contributed by atoms with Crippen LogP contribution in [0.25, 0.3) is 0 Å². The minimum absolute atomic E-state index is 0.851. The van der Waals surface area contributed by atoms with E-state index in [1.165, 1.54) is 70.6 Å². The molecule has 3 unspecified atom stereocenters. The highest BCUT2D eigenvalue weighted by molar-refractivity contribution is 4.81. The number of unbranched alkanes of at least 4 members (excludes halogenated alkanes) is 2. The fourth-order valence-electron chi connectivity index (χ4n) is 3.38. The maximum Gasteiger partial charge on any atom is -0.0352 e. The fourth-order valence-corrected chi connectivity index (χ4v) is 3.38. The SMILES string of the molecule is CCCCC(C)C[CH]C(CCC(C)C)CC(CC)CCCC. The summed E-state index contributed by atoms with van der Waals surface area (Å²) in [5.74, 6) is 3.56. The third-order valence-electron chi connectivity index (χ3n) is 5.22. The predicted octanol–water partition coefficient (Wildman–Crippen LogP) is 8.07. The first kappa shape index (κ1) is 22.0. The standard InChI is InChI=1S/C22H45/c1-7-10-12-20(6)15-17-22(16-14-19(4)5)18-21(9-3)13-11-8-2/h17,19-22H,7-16,18H2,1-6H3. The molecule has 0 saturated heterocycles. The van der Waals surface area contributed by atoms with Gasteiger partial charge in [-0.25, -0.2) is 0 Å². The Morgan fingerprint density at radius 1 is 0.773 bits per heavy atom. The molecule has 0 saturated carbocycles.